The molecule has 248 valence electrons. The number of nitrogens with zero attached hydrogens (tertiary/aromatic N) is 6. The summed E-state index contributed by atoms with van der Waals surface area (Å²) in [6, 6.07) is 11.2. The number of aromatic nitrogens is 6. The molecule has 3 N–H and O–H groups in total. The minimum atomic E-state index is -1.07. The first-order valence-electron chi connectivity index (χ1n) is 17.0. The van der Waals surface area contributed by atoms with Gasteiger partial charge in [0.1, 0.15) is 11.4 Å². The zero-order chi connectivity index (χ0) is 33.3. The number of pyridine rings is 2. The number of anilines is 3. The van der Waals surface area contributed by atoms with Crippen LogP contribution in [-0.4, -0.2) is 46.1 Å². The highest BCUT2D eigenvalue weighted by molar-refractivity contribution is 7.22. The Morgan fingerprint density at radius 1 is 1.00 bits per heavy atom. The molecule has 4 fully saturated rings. The van der Waals surface area contributed by atoms with Gasteiger partial charge in [0.25, 0.3) is 5.91 Å². The van der Waals surface area contributed by atoms with Crippen LogP contribution in [0.4, 0.5) is 16.6 Å². The van der Waals surface area contributed by atoms with Crippen molar-refractivity contribution in [3.8, 4) is 11.1 Å². The van der Waals surface area contributed by atoms with E-state index in [1.807, 2.05) is 42.7 Å². The van der Waals surface area contributed by atoms with Crippen LogP contribution in [0.1, 0.15) is 71.4 Å². The lowest BCUT2D eigenvalue weighted by Crippen LogP contribution is -2.40. The minimum Gasteiger partial charge on any atom is -0.478 e. The van der Waals surface area contributed by atoms with Crippen molar-refractivity contribution in [2.75, 3.05) is 10.6 Å². The van der Waals surface area contributed by atoms with Crippen molar-refractivity contribution in [2.45, 2.75) is 58.4 Å². The van der Waals surface area contributed by atoms with Crippen molar-refractivity contribution in [3.63, 3.8) is 0 Å². The Kier molecular flexibility index (Phi) is 7.04. The largest absolute Gasteiger partial charge is 0.478 e. The molecule has 0 aliphatic heterocycles. The van der Waals surface area contributed by atoms with Gasteiger partial charge in [0.05, 0.1) is 33.9 Å². The van der Waals surface area contributed by atoms with E-state index in [1.54, 1.807) is 22.9 Å². The first-order chi connectivity index (χ1) is 23.8. The third-order valence-electron chi connectivity index (χ3n) is 11.1. The fourth-order valence-electron chi connectivity index (χ4n) is 9.24. The molecule has 5 aromatic heterocycles. The van der Waals surface area contributed by atoms with E-state index >= 15 is 0 Å². The first-order valence-corrected chi connectivity index (χ1v) is 17.8. The predicted octanol–water partition coefficient (Wildman–Crippen LogP) is 7.81. The van der Waals surface area contributed by atoms with E-state index in [0.717, 1.165) is 45.8 Å². The molecule has 4 aliphatic carbocycles. The number of amides is 1. The number of hydrogen-bond donors (Lipinski definition) is 3. The molecule has 4 saturated carbocycles. The number of rotatable bonds is 8. The summed E-state index contributed by atoms with van der Waals surface area (Å²) in [5, 5.41) is 22.0. The van der Waals surface area contributed by atoms with Crippen LogP contribution in [0.15, 0.2) is 67.4 Å². The van der Waals surface area contributed by atoms with Crippen molar-refractivity contribution in [1.82, 2.24) is 29.1 Å². The number of nitrogens with one attached hydrogen (secondary N) is 2. The number of para-hydroxylation sites is 1. The molecular weight excluding hydrogens is 637 g/mol. The lowest BCUT2D eigenvalue weighted by Gasteiger charge is -2.48. The summed E-state index contributed by atoms with van der Waals surface area (Å²) in [7, 11) is 0. The Bertz CT molecular complexity index is 2220. The molecule has 11 nitrogen and oxygen atoms in total. The Morgan fingerprint density at radius 2 is 1.80 bits per heavy atom. The molecule has 1 aromatic carbocycles. The Hall–Kier alpha value is -5.10. The molecule has 0 spiro atoms. The molecule has 4 aliphatic rings. The lowest BCUT2D eigenvalue weighted by atomic mass is 9.58. The highest BCUT2D eigenvalue weighted by atomic mass is 32.1. The van der Waals surface area contributed by atoms with Gasteiger partial charge in [-0.15, -0.1) is 0 Å². The molecule has 0 saturated heterocycles. The number of imidazole rings is 1. The summed E-state index contributed by atoms with van der Waals surface area (Å²) in [6.07, 6.45) is 17.7. The van der Waals surface area contributed by atoms with E-state index in [9.17, 15) is 14.7 Å². The smallest absolute Gasteiger partial charge is 0.340 e. The van der Waals surface area contributed by atoms with E-state index in [-0.39, 0.29) is 11.5 Å². The Labute approximate surface area is 286 Å². The van der Waals surface area contributed by atoms with E-state index < -0.39 is 5.97 Å². The average molecular weight is 673 g/mol. The van der Waals surface area contributed by atoms with Crippen LogP contribution in [-0.2, 0) is 6.54 Å². The van der Waals surface area contributed by atoms with Gasteiger partial charge in [0.2, 0.25) is 0 Å². The number of fused-ring (bicyclic) bond motifs is 3. The molecule has 49 heavy (non-hydrogen) atoms. The van der Waals surface area contributed by atoms with E-state index in [2.05, 4.69) is 37.2 Å². The minimum absolute atomic E-state index is 0.105. The zero-order valence-corrected chi connectivity index (χ0v) is 27.9. The summed E-state index contributed by atoms with van der Waals surface area (Å²) in [4.78, 5) is 39.5. The molecule has 2 unspecified atom stereocenters. The topological polar surface area (TPSA) is 139 Å². The highest BCUT2D eigenvalue weighted by Crippen LogP contribution is 2.58. The Morgan fingerprint density at radius 3 is 2.59 bits per heavy atom. The second-order valence-corrected chi connectivity index (χ2v) is 15.3. The van der Waals surface area contributed by atoms with Crippen molar-refractivity contribution in [3.05, 3.63) is 84.2 Å². The van der Waals surface area contributed by atoms with Gasteiger partial charge < -0.3 is 10.4 Å². The van der Waals surface area contributed by atoms with Crippen LogP contribution in [0, 0.1) is 30.1 Å². The number of thiazole rings is 1. The van der Waals surface area contributed by atoms with Crippen LogP contribution in [0.5, 0.6) is 0 Å². The third kappa shape index (κ3) is 5.25. The van der Waals surface area contributed by atoms with Crippen LogP contribution < -0.4 is 10.6 Å². The van der Waals surface area contributed by atoms with Crippen molar-refractivity contribution >= 4 is 55.7 Å². The zero-order valence-electron chi connectivity index (χ0n) is 27.1. The van der Waals surface area contributed by atoms with Crippen molar-refractivity contribution < 1.29 is 14.7 Å². The van der Waals surface area contributed by atoms with Gasteiger partial charge in [-0.2, -0.15) is 5.10 Å². The van der Waals surface area contributed by atoms with Crippen molar-refractivity contribution in [2.24, 2.45) is 23.2 Å². The van der Waals surface area contributed by atoms with Gasteiger partial charge in [-0.05, 0) is 86.5 Å². The third-order valence-corrected chi connectivity index (χ3v) is 12.0. The van der Waals surface area contributed by atoms with Gasteiger partial charge in [0.15, 0.2) is 10.8 Å². The first kappa shape index (κ1) is 30.0. The average Bonchev–Trinajstić information content (AvgIpc) is 3.74. The maximum atomic E-state index is 13.4. The fourth-order valence-corrected chi connectivity index (χ4v) is 10.1. The summed E-state index contributed by atoms with van der Waals surface area (Å²) in [6.45, 7) is 2.95. The SMILES string of the molecule is Cc1c(-c2ccn3c(Nc4ccncc4C(=O)Nc4nc5ccccc5s4)cnc3c2C(=O)O)cnn1CC12CC3CCC(CC(C3)C1)C2. The highest BCUT2D eigenvalue weighted by Gasteiger charge is 2.48. The van der Waals surface area contributed by atoms with Gasteiger partial charge in [-0.1, -0.05) is 36.3 Å². The summed E-state index contributed by atoms with van der Waals surface area (Å²) >= 11 is 1.39. The van der Waals surface area contributed by atoms with Gasteiger partial charge in [-0.3, -0.25) is 24.2 Å². The van der Waals surface area contributed by atoms with Crippen LogP contribution in [0.3, 0.4) is 0 Å². The number of carboxylic acid groups (broad SMARTS) is 1. The summed E-state index contributed by atoms with van der Waals surface area (Å²) in [5.41, 5.74) is 4.69. The Balaban J connectivity index is 1.01. The molecule has 0 radical (unpaired) electrons. The molecule has 12 heteroatoms. The molecule has 4 bridgehead atoms. The van der Waals surface area contributed by atoms with Gasteiger partial charge in [-0.25, -0.2) is 14.8 Å². The molecule has 2 atom stereocenters. The second kappa shape index (κ2) is 11.5. The summed E-state index contributed by atoms with van der Waals surface area (Å²) in [5.74, 6) is 1.59. The molecule has 5 heterocycles. The molecule has 1 amide bonds. The van der Waals surface area contributed by atoms with Gasteiger partial charge >= 0.3 is 5.97 Å². The normalized spacial score (nSPS) is 22.8. The quantitative estimate of drug-likeness (QED) is 0.149. The predicted molar refractivity (Wildman–Crippen MR) is 188 cm³/mol. The van der Waals surface area contributed by atoms with Crippen LogP contribution in [0.25, 0.3) is 27.0 Å². The maximum absolute atomic E-state index is 13.4. The van der Waals surface area contributed by atoms with E-state index in [4.69, 9.17) is 5.10 Å². The number of carbonyl (C=O) groups excluding carboxylic acids is 1. The number of carbonyl (C=O) groups is 2. The second-order valence-electron chi connectivity index (χ2n) is 14.3. The summed E-state index contributed by atoms with van der Waals surface area (Å²) < 4.78 is 4.80. The molecule has 10 rings (SSSR count). The molecule has 6 aromatic rings. The molecular formula is C37H36N8O3S. The van der Waals surface area contributed by atoms with Crippen LogP contribution >= 0.6 is 11.3 Å². The van der Waals surface area contributed by atoms with Gasteiger partial charge in [0, 0.05) is 42.0 Å². The standard InChI is InChI=1S/C37H36N8O3S/c1-21-26(18-40-45(21)20-37-14-22-6-7-23(15-37)13-24(12-22)16-37)25-9-11-44-31(19-39-33(44)32(25)35(47)48)41-28-8-10-38-17-27(28)34(46)43-36-42-29-4-2-3-5-30(29)49-36/h2-5,8-11,17-19,22-24H,6-7,12-16,20H2,1H3,(H,38,41)(H,47,48)(H,42,43,46). The lowest BCUT2D eigenvalue weighted by molar-refractivity contribution is 0.0169. The maximum Gasteiger partial charge on any atom is 0.340 e. The monoisotopic (exact) mass is 672 g/mol. The number of aromatic carboxylic acids is 1. The number of hydrogen-bond acceptors (Lipinski definition) is 8. The van der Waals surface area contributed by atoms with E-state index in [0.29, 0.717) is 38.8 Å². The van der Waals surface area contributed by atoms with E-state index in [1.165, 1.54) is 62.5 Å². The fraction of sp³-hybridized carbons (Fsp3) is 0.351. The number of benzene rings is 1. The van der Waals surface area contributed by atoms with Crippen LogP contribution in [0.2, 0.25) is 0 Å². The number of carboxylic acids is 1. The van der Waals surface area contributed by atoms with Crippen molar-refractivity contribution in [1.29, 1.82) is 0 Å².